The van der Waals surface area contributed by atoms with E-state index in [9.17, 15) is 9.90 Å². The van der Waals surface area contributed by atoms with Gasteiger partial charge in [-0.15, -0.1) is 0 Å². The molecule has 4 nitrogen and oxygen atoms in total. The predicted molar refractivity (Wildman–Crippen MR) is 75.3 cm³/mol. The molecule has 0 saturated carbocycles. The largest absolute Gasteiger partial charge is 0.478 e. The highest BCUT2D eigenvalue weighted by Crippen LogP contribution is 2.32. The van der Waals surface area contributed by atoms with E-state index >= 15 is 0 Å². The third-order valence-corrected chi connectivity index (χ3v) is 3.62. The highest BCUT2D eigenvalue weighted by molar-refractivity contribution is 6.34. The predicted octanol–water partition coefficient (Wildman–Crippen LogP) is 3.04. The van der Waals surface area contributed by atoms with Crippen molar-refractivity contribution in [1.29, 1.82) is 0 Å². The van der Waals surface area contributed by atoms with Gasteiger partial charge in [-0.25, -0.2) is 4.79 Å². The van der Waals surface area contributed by atoms with Crippen LogP contribution in [-0.2, 0) is 4.74 Å². The van der Waals surface area contributed by atoms with Crippen molar-refractivity contribution in [2.75, 3.05) is 24.6 Å². The van der Waals surface area contributed by atoms with Crippen LogP contribution in [0.5, 0.6) is 0 Å². The molecule has 2 rings (SSSR count). The number of ether oxygens (including phenoxy) is 1. The van der Waals surface area contributed by atoms with E-state index in [2.05, 4.69) is 0 Å². The first kappa shape index (κ1) is 14.2. The number of piperidine rings is 1. The Balaban J connectivity index is 2.28. The summed E-state index contributed by atoms with van der Waals surface area (Å²) in [7, 11) is 0. The van der Waals surface area contributed by atoms with E-state index in [0.29, 0.717) is 23.9 Å². The van der Waals surface area contributed by atoms with Gasteiger partial charge in [0.2, 0.25) is 0 Å². The summed E-state index contributed by atoms with van der Waals surface area (Å²) in [6, 6.07) is 4.99. The molecule has 1 aromatic rings. The van der Waals surface area contributed by atoms with Gasteiger partial charge in [-0.3, -0.25) is 0 Å². The highest BCUT2D eigenvalue weighted by Gasteiger charge is 2.25. The van der Waals surface area contributed by atoms with E-state index in [1.807, 2.05) is 11.8 Å². The van der Waals surface area contributed by atoms with Crippen molar-refractivity contribution in [3.8, 4) is 0 Å². The molecule has 1 aromatic carbocycles. The third kappa shape index (κ3) is 3.19. The van der Waals surface area contributed by atoms with E-state index in [1.165, 1.54) is 0 Å². The zero-order valence-electron chi connectivity index (χ0n) is 10.9. The monoisotopic (exact) mass is 283 g/mol. The van der Waals surface area contributed by atoms with E-state index in [4.69, 9.17) is 16.3 Å². The molecule has 0 aliphatic carbocycles. The van der Waals surface area contributed by atoms with Crippen LogP contribution in [0.4, 0.5) is 5.69 Å². The summed E-state index contributed by atoms with van der Waals surface area (Å²) >= 11 is 6.19. The molecule has 19 heavy (non-hydrogen) atoms. The molecule has 104 valence electrons. The van der Waals surface area contributed by atoms with E-state index in [1.54, 1.807) is 18.2 Å². The average Bonchev–Trinajstić information content (AvgIpc) is 2.39. The van der Waals surface area contributed by atoms with E-state index in [-0.39, 0.29) is 11.7 Å². The Morgan fingerprint density at radius 1 is 1.58 bits per heavy atom. The number of nitrogens with zero attached hydrogens (tertiary/aromatic N) is 1. The average molecular weight is 284 g/mol. The number of hydrogen-bond acceptors (Lipinski definition) is 3. The van der Waals surface area contributed by atoms with Crippen LogP contribution in [0.1, 0.15) is 30.1 Å². The van der Waals surface area contributed by atoms with E-state index in [0.717, 1.165) is 19.4 Å². The quantitative estimate of drug-likeness (QED) is 0.923. The highest BCUT2D eigenvalue weighted by atomic mass is 35.5. The minimum Gasteiger partial charge on any atom is -0.478 e. The van der Waals surface area contributed by atoms with Gasteiger partial charge in [0.25, 0.3) is 0 Å². The maximum absolute atomic E-state index is 11.3. The molecule has 1 saturated heterocycles. The fourth-order valence-corrected chi connectivity index (χ4v) is 2.82. The summed E-state index contributed by atoms with van der Waals surface area (Å²) < 4.78 is 5.64. The Morgan fingerprint density at radius 3 is 3.05 bits per heavy atom. The molecular weight excluding hydrogens is 266 g/mol. The maximum atomic E-state index is 11.3. The fraction of sp³-hybridized carbons (Fsp3) is 0.500. The lowest BCUT2D eigenvalue weighted by Crippen LogP contribution is -2.40. The number of aromatic carboxylic acids is 1. The Labute approximate surface area is 117 Å². The Morgan fingerprint density at radius 2 is 2.37 bits per heavy atom. The molecular formula is C14H18ClNO3. The van der Waals surface area contributed by atoms with Crippen molar-refractivity contribution in [3.63, 3.8) is 0 Å². The van der Waals surface area contributed by atoms with Crippen LogP contribution in [-0.4, -0.2) is 36.9 Å². The second kappa shape index (κ2) is 6.26. The molecule has 0 aromatic heterocycles. The van der Waals surface area contributed by atoms with Crippen molar-refractivity contribution in [1.82, 2.24) is 0 Å². The van der Waals surface area contributed by atoms with Gasteiger partial charge in [0, 0.05) is 19.7 Å². The van der Waals surface area contributed by atoms with Crippen LogP contribution in [0.25, 0.3) is 0 Å². The molecule has 0 bridgehead atoms. The standard InChI is InChI=1S/C14H18ClNO3/c1-2-19-10-5-4-8-16(9-10)13-11(14(17)18)6-3-7-12(13)15/h3,6-7,10H,2,4-5,8-9H2,1H3,(H,17,18). The number of anilines is 1. The van der Waals surface area contributed by atoms with Gasteiger partial charge >= 0.3 is 5.97 Å². The fourth-order valence-electron chi connectivity index (χ4n) is 2.52. The molecule has 1 atom stereocenters. The minimum atomic E-state index is -0.948. The van der Waals surface area contributed by atoms with Crippen molar-refractivity contribution in [2.45, 2.75) is 25.9 Å². The minimum absolute atomic E-state index is 0.150. The van der Waals surface area contributed by atoms with Crippen molar-refractivity contribution in [2.24, 2.45) is 0 Å². The summed E-state index contributed by atoms with van der Waals surface area (Å²) in [6.45, 7) is 4.15. The molecule has 0 spiro atoms. The van der Waals surface area contributed by atoms with Gasteiger partial charge in [-0.05, 0) is 31.9 Å². The number of rotatable bonds is 4. The van der Waals surface area contributed by atoms with Crippen LogP contribution in [0.3, 0.4) is 0 Å². The summed E-state index contributed by atoms with van der Waals surface area (Å²) in [6.07, 6.45) is 2.14. The van der Waals surface area contributed by atoms with Crippen molar-refractivity contribution < 1.29 is 14.6 Å². The lowest BCUT2D eigenvalue weighted by atomic mass is 10.0. The summed E-state index contributed by atoms with van der Waals surface area (Å²) in [4.78, 5) is 13.3. The molecule has 1 heterocycles. The number of carboxylic acid groups (broad SMARTS) is 1. The van der Waals surface area contributed by atoms with Crippen LogP contribution in [0.15, 0.2) is 18.2 Å². The lowest BCUT2D eigenvalue weighted by Gasteiger charge is -2.35. The van der Waals surface area contributed by atoms with Crippen LogP contribution < -0.4 is 4.90 Å². The normalized spacial score (nSPS) is 19.5. The summed E-state index contributed by atoms with van der Waals surface area (Å²) in [5.41, 5.74) is 0.866. The second-order valence-corrected chi connectivity index (χ2v) is 5.01. The van der Waals surface area contributed by atoms with Gasteiger partial charge < -0.3 is 14.7 Å². The first-order valence-electron chi connectivity index (χ1n) is 6.51. The first-order valence-corrected chi connectivity index (χ1v) is 6.89. The topological polar surface area (TPSA) is 49.8 Å². The molecule has 1 N–H and O–H groups in total. The maximum Gasteiger partial charge on any atom is 0.337 e. The number of halogens is 1. The van der Waals surface area contributed by atoms with Gasteiger partial charge in [-0.2, -0.15) is 0 Å². The van der Waals surface area contributed by atoms with Crippen LogP contribution in [0, 0.1) is 0 Å². The van der Waals surface area contributed by atoms with Crippen LogP contribution >= 0.6 is 11.6 Å². The first-order chi connectivity index (χ1) is 9.13. The number of carbonyl (C=O) groups is 1. The SMILES string of the molecule is CCOC1CCCN(c2c(Cl)cccc2C(=O)O)C1. The van der Waals surface area contributed by atoms with Crippen molar-refractivity contribution in [3.05, 3.63) is 28.8 Å². The van der Waals surface area contributed by atoms with Crippen molar-refractivity contribution >= 4 is 23.3 Å². The summed E-state index contributed by atoms with van der Waals surface area (Å²) in [5, 5.41) is 9.76. The molecule has 1 aliphatic rings. The smallest absolute Gasteiger partial charge is 0.337 e. The second-order valence-electron chi connectivity index (χ2n) is 4.61. The Hall–Kier alpha value is -1.26. The number of hydrogen-bond donors (Lipinski definition) is 1. The van der Waals surface area contributed by atoms with E-state index < -0.39 is 5.97 Å². The molecule has 1 aliphatic heterocycles. The van der Waals surface area contributed by atoms with Gasteiger partial charge in [0.1, 0.15) is 0 Å². The number of para-hydroxylation sites is 1. The molecule has 1 unspecified atom stereocenters. The van der Waals surface area contributed by atoms with Gasteiger partial charge in [0.05, 0.1) is 22.4 Å². The third-order valence-electron chi connectivity index (χ3n) is 3.31. The Bertz CT molecular complexity index is 462. The summed E-state index contributed by atoms with van der Waals surface area (Å²) in [5.74, 6) is -0.948. The van der Waals surface area contributed by atoms with Gasteiger partial charge in [-0.1, -0.05) is 17.7 Å². The molecule has 0 amide bonds. The Kier molecular flexibility index (Phi) is 4.66. The number of carboxylic acids is 1. The van der Waals surface area contributed by atoms with Gasteiger partial charge in [0.15, 0.2) is 0 Å². The molecule has 0 radical (unpaired) electrons. The molecule has 5 heteroatoms. The van der Waals surface area contributed by atoms with Crippen LogP contribution in [0.2, 0.25) is 5.02 Å². The number of benzene rings is 1. The lowest BCUT2D eigenvalue weighted by molar-refractivity contribution is 0.0524. The zero-order valence-corrected chi connectivity index (χ0v) is 11.7. The zero-order chi connectivity index (χ0) is 13.8. The molecule has 1 fully saturated rings.